The highest BCUT2D eigenvalue weighted by molar-refractivity contribution is 7.89. The van der Waals surface area contributed by atoms with E-state index in [-0.39, 0.29) is 16.5 Å². The number of benzene rings is 1. The van der Waals surface area contributed by atoms with E-state index < -0.39 is 16.0 Å². The third-order valence-electron chi connectivity index (χ3n) is 4.11. The fourth-order valence-corrected chi connectivity index (χ4v) is 3.86. The van der Waals surface area contributed by atoms with Crippen LogP contribution in [-0.4, -0.2) is 50.1 Å². The molecule has 24 heavy (non-hydrogen) atoms. The molecular formula is C17H28N2O4S. The van der Waals surface area contributed by atoms with Gasteiger partial charge in [-0.3, -0.25) is 0 Å². The van der Waals surface area contributed by atoms with Crippen LogP contribution < -0.4 is 4.72 Å². The standard InChI is InChI=1S/C17H28N2O4S/c1-5-19(6-2)11-7-8-14(4)18-24(22,23)15-10-9-13(3)16(12-15)17(20)21/h9-10,12,14,18H,5-8,11H2,1-4H3,(H,20,21)/t14-/m1/s1. The normalized spacial score (nSPS) is 13.2. The van der Waals surface area contributed by atoms with Crippen LogP contribution in [0.3, 0.4) is 0 Å². The highest BCUT2D eigenvalue weighted by Crippen LogP contribution is 2.16. The summed E-state index contributed by atoms with van der Waals surface area (Å²) in [5, 5.41) is 9.13. The lowest BCUT2D eigenvalue weighted by Crippen LogP contribution is -2.33. The fourth-order valence-electron chi connectivity index (χ4n) is 2.55. The van der Waals surface area contributed by atoms with Crippen molar-refractivity contribution in [3.8, 4) is 0 Å². The van der Waals surface area contributed by atoms with E-state index in [0.29, 0.717) is 5.56 Å². The molecule has 0 bridgehead atoms. The van der Waals surface area contributed by atoms with Gasteiger partial charge < -0.3 is 10.0 Å². The molecule has 1 aromatic carbocycles. The van der Waals surface area contributed by atoms with Crippen molar-refractivity contribution in [2.45, 2.75) is 51.5 Å². The van der Waals surface area contributed by atoms with E-state index in [1.807, 2.05) is 6.92 Å². The Kier molecular flexibility index (Phi) is 7.86. The number of nitrogens with one attached hydrogen (secondary N) is 1. The molecule has 0 spiro atoms. The van der Waals surface area contributed by atoms with Gasteiger partial charge in [0, 0.05) is 6.04 Å². The summed E-state index contributed by atoms with van der Waals surface area (Å²) < 4.78 is 27.5. The topological polar surface area (TPSA) is 86.7 Å². The first kappa shape index (κ1) is 20.6. The van der Waals surface area contributed by atoms with E-state index in [4.69, 9.17) is 5.11 Å². The van der Waals surface area contributed by atoms with Crippen LogP contribution >= 0.6 is 0 Å². The maximum absolute atomic E-state index is 12.4. The maximum Gasteiger partial charge on any atom is 0.335 e. The monoisotopic (exact) mass is 356 g/mol. The second-order valence-electron chi connectivity index (χ2n) is 5.97. The molecular weight excluding hydrogens is 328 g/mol. The van der Waals surface area contributed by atoms with Gasteiger partial charge in [-0.25, -0.2) is 17.9 Å². The van der Waals surface area contributed by atoms with Crippen molar-refractivity contribution in [2.24, 2.45) is 0 Å². The Labute approximate surface area is 144 Å². The number of hydrogen-bond donors (Lipinski definition) is 2. The Balaban J connectivity index is 2.72. The van der Waals surface area contributed by atoms with Crippen molar-refractivity contribution in [1.82, 2.24) is 9.62 Å². The summed E-state index contributed by atoms with van der Waals surface area (Å²) in [6, 6.07) is 3.96. The highest BCUT2D eigenvalue weighted by Gasteiger charge is 2.20. The molecule has 7 heteroatoms. The molecule has 0 aromatic heterocycles. The van der Waals surface area contributed by atoms with Crippen molar-refractivity contribution in [2.75, 3.05) is 19.6 Å². The Morgan fingerprint density at radius 1 is 1.29 bits per heavy atom. The fraction of sp³-hybridized carbons (Fsp3) is 0.588. The van der Waals surface area contributed by atoms with Crippen molar-refractivity contribution in [3.05, 3.63) is 29.3 Å². The summed E-state index contributed by atoms with van der Waals surface area (Å²) in [4.78, 5) is 13.4. The highest BCUT2D eigenvalue weighted by atomic mass is 32.2. The first-order chi connectivity index (χ1) is 11.2. The molecule has 0 radical (unpaired) electrons. The van der Waals surface area contributed by atoms with Gasteiger partial charge in [-0.05, 0) is 64.0 Å². The Bertz CT molecular complexity index is 655. The van der Waals surface area contributed by atoms with Gasteiger partial charge in [-0.2, -0.15) is 0 Å². The molecule has 136 valence electrons. The SMILES string of the molecule is CCN(CC)CCC[C@@H](C)NS(=O)(=O)c1ccc(C)c(C(=O)O)c1. The predicted molar refractivity (Wildman–Crippen MR) is 94.9 cm³/mol. The molecule has 6 nitrogen and oxygen atoms in total. The van der Waals surface area contributed by atoms with Gasteiger partial charge >= 0.3 is 5.97 Å². The summed E-state index contributed by atoms with van der Waals surface area (Å²) >= 11 is 0. The van der Waals surface area contributed by atoms with Crippen molar-refractivity contribution in [1.29, 1.82) is 0 Å². The molecule has 0 heterocycles. The zero-order valence-corrected chi connectivity index (χ0v) is 15.7. The molecule has 0 saturated heterocycles. The lowest BCUT2D eigenvalue weighted by atomic mass is 10.1. The smallest absolute Gasteiger partial charge is 0.335 e. The minimum Gasteiger partial charge on any atom is -0.478 e. The zero-order chi connectivity index (χ0) is 18.3. The number of aromatic carboxylic acids is 1. The lowest BCUT2D eigenvalue weighted by molar-refractivity contribution is 0.0696. The molecule has 0 saturated carbocycles. The van der Waals surface area contributed by atoms with Crippen LogP contribution in [0.25, 0.3) is 0 Å². The van der Waals surface area contributed by atoms with Gasteiger partial charge in [0.15, 0.2) is 0 Å². The van der Waals surface area contributed by atoms with Gasteiger partial charge in [-0.1, -0.05) is 19.9 Å². The number of sulfonamides is 1. The number of nitrogens with zero attached hydrogens (tertiary/aromatic N) is 1. The third kappa shape index (κ3) is 5.89. The molecule has 0 unspecified atom stereocenters. The quantitative estimate of drug-likeness (QED) is 0.672. The number of aryl methyl sites for hydroxylation is 1. The Morgan fingerprint density at radius 2 is 1.92 bits per heavy atom. The van der Waals surface area contributed by atoms with Crippen LogP contribution in [0.5, 0.6) is 0 Å². The van der Waals surface area contributed by atoms with Crippen molar-refractivity contribution >= 4 is 16.0 Å². The predicted octanol–water partition coefficient (Wildman–Crippen LogP) is 2.48. The first-order valence-electron chi connectivity index (χ1n) is 8.29. The Morgan fingerprint density at radius 3 is 2.46 bits per heavy atom. The van der Waals surface area contributed by atoms with Gasteiger partial charge in [-0.15, -0.1) is 0 Å². The van der Waals surface area contributed by atoms with Crippen LogP contribution in [0.1, 0.15) is 49.5 Å². The van der Waals surface area contributed by atoms with E-state index >= 15 is 0 Å². The molecule has 2 N–H and O–H groups in total. The second-order valence-corrected chi connectivity index (χ2v) is 7.69. The largest absolute Gasteiger partial charge is 0.478 e. The van der Waals surface area contributed by atoms with Crippen molar-refractivity contribution in [3.63, 3.8) is 0 Å². The first-order valence-corrected chi connectivity index (χ1v) is 9.78. The number of rotatable bonds is 10. The maximum atomic E-state index is 12.4. The summed E-state index contributed by atoms with van der Waals surface area (Å²) in [6.45, 7) is 10.6. The lowest BCUT2D eigenvalue weighted by Gasteiger charge is -2.20. The molecule has 0 fully saturated rings. The number of carboxylic acids is 1. The van der Waals surface area contributed by atoms with Crippen LogP contribution in [0.4, 0.5) is 0 Å². The third-order valence-corrected chi connectivity index (χ3v) is 5.70. The van der Waals surface area contributed by atoms with Crippen molar-refractivity contribution < 1.29 is 18.3 Å². The van der Waals surface area contributed by atoms with E-state index in [2.05, 4.69) is 23.5 Å². The van der Waals surface area contributed by atoms with Gasteiger partial charge in [0.25, 0.3) is 0 Å². The van der Waals surface area contributed by atoms with Gasteiger partial charge in [0.05, 0.1) is 10.5 Å². The number of hydrogen-bond acceptors (Lipinski definition) is 4. The number of carboxylic acid groups (broad SMARTS) is 1. The molecule has 1 rings (SSSR count). The molecule has 0 amide bonds. The van der Waals surface area contributed by atoms with E-state index in [1.54, 1.807) is 6.92 Å². The van der Waals surface area contributed by atoms with E-state index in [0.717, 1.165) is 32.5 Å². The molecule has 0 aliphatic carbocycles. The molecule has 1 atom stereocenters. The summed E-state index contributed by atoms with van der Waals surface area (Å²) in [6.07, 6.45) is 1.63. The minimum absolute atomic E-state index is 0.00654. The number of carbonyl (C=O) groups is 1. The average Bonchev–Trinajstić information content (AvgIpc) is 2.51. The van der Waals surface area contributed by atoms with E-state index in [1.165, 1.54) is 18.2 Å². The molecule has 0 aliphatic rings. The average molecular weight is 356 g/mol. The molecule has 1 aromatic rings. The van der Waals surface area contributed by atoms with Gasteiger partial charge in [0.2, 0.25) is 10.0 Å². The zero-order valence-electron chi connectivity index (χ0n) is 14.9. The van der Waals surface area contributed by atoms with Crippen LogP contribution in [0.15, 0.2) is 23.1 Å². The summed E-state index contributed by atoms with van der Waals surface area (Å²) in [5.41, 5.74) is 0.542. The second kappa shape index (κ2) is 9.15. The summed E-state index contributed by atoms with van der Waals surface area (Å²) in [5.74, 6) is -1.13. The van der Waals surface area contributed by atoms with Crippen LogP contribution in [-0.2, 0) is 10.0 Å². The summed E-state index contributed by atoms with van der Waals surface area (Å²) in [7, 11) is -3.72. The van der Waals surface area contributed by atoms with E-state index in [9.17, 15) is 13.2 Å². The molecule has 0 aliphatic heterocycles. The minimum atomic E-state index is -3.72. The Hall–Kier alpha value is -1.44. The van der Waals surface area contributed by atoms with Crippen LogP contribution in [0, 0.1) is 6.92 Å². The van der Waals surface area contributed by atoms with Crippen LogP contribution in [0.2, 0.25) is 0 Å². The van der Waals surface area contributed by atoms with Gasteiger partial charge in [0.1, 0.15) is 0 Å².